The minimum absolute atomic E-state index is 0.00391. The number of hydrogen-bond acceptors (Lipinski definition) is 13. The monoisotopic (exact) mass is 748 g/mol. The van der Waals surface area contributed by atoms with Crippen molar-refractivity contribution in [1.82, 2.24) is 19.7 Å². The number of carbonyl (C=O) groups excluding carboxylic acids is 3. The van der Waals surface area contributed by atoms with Gasteiger partial charge in [-0.1, -0.05) is 47.7 Å². The first-order chi connectivity index (χ1) is 24.9. The van der Waals surface area contributed by atoms with Crippen LogP contribution in [0.25, 0.3) is 11.1 Å². The molecule has 0 fully saturated rings. The summed E-state index contributed by atoms with van der Waals surface area (Å²) in [4.78, 5) is 49.6. The highest BCUT2D eigenvalue weighted by Gasteiger charge is 2.30. The molecule has 15 nitrogen and oxygen atoms in total. The summed E-state index contributed by atoms with van der Waals surface area (Å²) in [6.07, 6.45) is 0. The number of rotatable bonds is 14. The number of nitro benzene ring substituents is 1. The van der Waals surface area contributed by atoms with Crippen molar-refractivity contribution >= 4 is 51.0 Å². The highest BCUT2D eigenvalue weighted by molar-refractivity contribution is 7.99. The molecule has 5 rings (SSSR count). The molecule has 0 aliphatic carbocycles. The Kier molecular flexibility index (Phi) is 11.6. The van der Waals surface area contributed by atoms with Gasteiger partial charge in [0.05, 0.1) is 36.6 Å². The van der Waals surface area contributed by atoms with Gasteiger partial charge in [0.25, 0.3) is 21.6 Å². The fourth-order valence-electron chi connectivity index (χ4n) is 4.90. The molecule has 0 radical (unpaired) electrons. The Morgan fingerprint density at radius 1 is 0.923 bits per heavy atom. The van der Waals surface area contributed by atoms with Crippen molar-refractivity contribution in [1.29, 1.82) is 0 Å². The molecule has 0 aliphatic rings. The Morgan fingerprint density at radius 3 is 2.17 bits per heavy atom. The maximum Gasteiger partial charge on any atom is 0.361 e. The number of ether oxygens (including phenoxy) is 2. The minimum atomic E-state index is -4.59. The van der Waals surface area contributed by atoms with E-state index in [9.17, 15) is 37.3 Å². The summed E-state index contributed by atoms with van der Waals surface area (Å²) in [6, 6.07) is 23.1. The number of aromatic nitrogens is 3. The van der Waals surface area contributed by atoms with Gasteiger partial charge in [0, 0.05) is 22.3 Å². The van der Waals surface area contributed by atoms with Crippen LogP contribution in [0.4, 0.5) is 15.8 Å². The molecule has 52 heavy (non-hydrogen) atoms. The topological polar surface area (TPSA) is 202 Å². The molecule has 18 heteroatoms. The van der Waals surface area contributed by atoms with Crippen molar-refractivity contribution in [2.75, 3.05) is 25.3 Å². The molecule has 0 bridgehead atoms. The smallest absolute Gasteiger partial charge is 0.361 e. The number of carbonyl (C=O) groups is 3. The average Bonchev–Trinajstić information content (AvgIpc) is 3.57. The van der Waals surface area contributed by atoms with Crippen LogP contribution in [0.1, 0.15) is 31.3 Å². The number of methoxy groups -OCH3 is 2. The number of esters is 2. The van der Waals surface area contributed by atoms with E-state index < -0.39 is 60.9 Å². The number of halogens is 1. The summed E-state index contributed by atoms with van der Waals surface area (Å²) in [5, 5.41) is 23.0. The summed E-state index contributed by atoms with van der Waals surface area (Å²) in [7, 11) is -2.38. The highest BCUT2D eigenvalue weighted by Crippen LogP contribution is 2.30. The molecule has 1 unspecified atom stereocenters. The predicted octanol–water partition coefficient (Wildman–Crippen LogP) is 4.96. The van der Waals surface area contributed by atoms with E-state index >= 15 is 0 Å². The number of nitrogens with zero attached hydrogens (tertiary/aromatic N) is 4. The quantitative estimate of drug-likeness (QED) is 0.0669. The van der Waals surface area contributed by atoms with Gasteiger partial charge < -0.3 is 14.8 Å². The zero-order valence-electron chi connectivity index (χ0n) is 27.4. The van der Waals surface area contributed by atoms with Gasteiger partial charge >= 0.3 is 11.9 Å². The van der Waals surface area contributed by atoms with E-state index in [1.165, 1.54) is 42.1 Å². The van der Waals surface area contributed by atoms with Crippen LogP contribution in [0, 0.1) is 15.9 Å². The predicted molar refractivity (Wildman–Crippen MR) is 187 cm³/mol. The van der Waals surface area contributed by atoms with Crippen molar-refractivity contribution in [3.63, 3.8) is 0 Å². The molecule has 0 spiro atoms. The first-order valence-electron chi connectivity index (χ1n) is 15.2. The molecule has 1 heterocycles. The molecular weight excluding hydrogens is 720 g/mol. The second kappa shape index (κ2) is 16.3. The van der Waals surface area contributed by atoms with Gasteiger partial charge in [0.2, 0.25) is 5.69 Å². The molecule has 1 atom stereocenters. The second-order valence-electron chi connectivity index (χ2n) is 10.9. The van der Waals surface area contributed by atoms with Crippen molar-refractivity contribution < 1.29 is 41.6 Å². The first kappa shape index (κ1) is 37.1. The van der Waals surface area contributed by atoms with Crippen LogP contribution >= 0.6 is 11.8 Å². The van der Waals surface area contributed by atoms with Crippen LogP contribution in [-0.2, 0) is 26.0 Å². The van der Waals surface area contributed by atoms with Gasteiger partial charge in [0.15, 0.2) is 5.69 Å². The highest BCUT2D eigenvalue weighted by atomic mass is 32.2. The lowest BCUT2D eigenvalue weighted by Crippen LogP contribution is -2.31. The number of amides is 1. The SMILES string of the molecule is COC(=O)c1nnn(CC(CSc2ccccc2)Nc2ccc(S(=O)(=O)NC(=O)c3ccc(-c4ccc(F)cc4)cc3)cc2[N+](=O)[O-])c1C(=O)OC. The summed E-state index contributed by atoms with van der Waals surface area (Å²) in [5.41, 5.74) is -0.0746. The van der Waals surface area contributed by atoms with E-state index in [-0.39, 0.29) is 29.2 Å². The minimum Gasteiger partial charge on any atom is -0.464 e. The maximum absolute atomic E-state index is 13.3. The Morgan fingerprint density at radius 2 is 1.56 bits per heavy atom. The number of benzene rings is 4. The fraction of sp³-hybridized carbons (Fsp3) is 0.147. The summed E-state index contributed by atoms with van der Waals surface area (Å²) in [5.74, 6) is -3.00. The Balaban J connectivity index is 1.40. The lowest BCUT2D eigenvalue weighted by atomic mass is 10.0. The zero-order chi connectivity index (χ0) is 37.4. The number of nitro groups is 1. The average molecular weight is 749 g/mol. The summed E-state index contributed by atoms with van der Waals surface area (Å²) >= 11 is 1.37. The number of anilines is 1. The van der Waals surface area contributed by atoms with Gasteiger partial charge in [-0.15, -0.1) is 16.9 Å². The summed E-state index contributed by atoms with van der Waals surface area (Å²) < 4.78 is 52.3. The number of thioether (sulfide) groups is 1. The van der Waals surface area contributed by atoms with Gasteiger partial charge in [-0.2, -0.15) is 0 Å². The molecule has 0 saturated heterocycles. The second-order valence-corrected chi connectivity index (χ2v) is 13.6. The number of sulfonamides is 1. The Labute approximate surface area is 300 Å². The van der Waals surface area contributed by atoms with Gasteiger partial charge in [-0.25, -0.2) is 31.8 Å². The van der Waals surface area contributed by atoms with E-state index in [0.717, 1.165) is 35.9 Å². The van der Waals surface area contributed by atoms with E-state index in [1.807, 2.05) is 35.1 Å². The van der Waals surface area contributed by atoms with Crippen LogP contribution in [-0.4, -0.2) is 72.2 Å². The van der Waals surface area contributed by atoms with Crippen LogP contribution in [0.5, 0.6) is 0 Å². The molecule has 5 aromatic rings. The van der Waals surface area contributed by atoms with E-state index in [2.05, 4.69) is 15.6 Å². The third kappa shape index (κ3) is 8.77. The lowest BCUT2D eigenvalue weighted by Gasteiger charge is -2.20. The molecular formula is C34H29FN6O9S2. The third-order valence-corrected chi connectivity index (χ3v) is 9.97. The zero-order valence-corrected chi connectivity index (χ0v) is 29.0. The maximum atomic E-state index is 13.3. The van der Waals surface area contributed by atoms with Gasteiger partial charge in [0.1, 0.15) is 11.5 Å². The van der Waals surface area contributed by atoms with E-state index in [1.54, 1.807) is 24.3 Å². The van der Waals surface area contributed by atoms with Crippen molar-refractivity contribution in [2.45, 2.75) is 22.4 Å². The molecule has 4 aromatic carbocycles. The largest absolute Gasteiger partial charge is 0.464 e. The first-order valence-corrected chi connectivity index (χ1v) is 17.6. The van der Waals surface area contributed by atoms with Crippen molar-refractivity contribution in [3.05, 3.63) is 130 Å². The molecule has 268 valence electrons. The summed E-state index contributed by atoms with van der Waals surface area (Å²) in [6.45, 7) is -0.151. The van der Waals surface area contributed by atoms with Crippen LogP contribution in [0.3, 0.4) is 0 Å². The Bertz CT molecular complexity index is 2220. The molecule has 1 amide bonds. The van der Waals surface area contributed by atoms with Gasteiger partial charge in [-0.05, 0) is 59.7 Å². The molecule has 0 aliphatic heterocycles. The Hall–Kier alpha value is -6.14. The standard InChI is InChI=1S/C34H29FN6O9S2/c1-49-33(43)30-31(34(44)50-2)40(39-37-30)19-25(20-51-26-6-4-3-5-7-26)36-28-17-16-27(18-29(28)41(45)46)52(47,48)38-32(42)23-10-8-21(9-11-23)22-12-14-24(35)15-13-22/h3-18,25,36H,19-20H2,1-2H3,(H,38,42). The lowest BCUT2D eigenvalue weighted by molar-refractivity contribution is -0.384. The molecule has 1 aromatic heterocycles. The van der Waals surface area contributed by atoms with E-state index in [0.29, 0.717) is 11.1 Å². The normalized spacial score (nSPS) is 11.7. The molecule has 2 N–H and O–H groups in total. The van der Waals surface area contributed by atoms with E-state index in [4.69, 9.17) is 9.47 Å². The number of hydrogen-bond donors (Lipinski definition) is 2. The molecule has 0 saturated carbocycles. The van der Waals surface area contributed by atoms with Crippen LogP contribution < -0.4 is 10.0 Å². The fourth-order valence-corrected chi connectivity index (χ4v) is 6.83. The van der Waals surface area contributed by atoms with Crippen molar-refractivity contribution in [2.24, 2.45) is 0 Å². The number of nitrogens with one attached hydrogen (secondary N) is 2. The van der Waals surface area contributed by atoms with Crippen LogP contribution in [0.15, 0.2) is 107 Å². The van der Waals surface area contributed by atoms with Crippen molar-refractivity contribution in [3.8, 4) is 11.1 Å². The van der Waals surface area contributed by atoms with Gasteiger partial charge in [-0.3, -0.25) is 14.9 Å². The van der Waals surface area contributed by atoms with Crippen LogP contribution in [0.2, 0.25) is 0 Å². The third-order valence-electron chi connectivity index (χ3n) is 7.47.